The number of carbonyl (C=O) groups excluding carboxylic acids is 1. The molecule has 0 aliphatic heterocycles. The van der Waals surface area contributed by atoms with E-state index < -0.39 is 15.9 Å². The molecule has 33 heavy (non-hydrogen) atoms. The molecule has 0 saturated carbocycles. The summed E-state index contributed by atoms with van der Waals surface area (Å²) in [6.45, 7) is -0.477. The number of nitrogens with one attached hydrogen (secondary N) is 1. The highest BCUT2D eigenvalue weighted by molar-refractivity contribution is 7.89. The Morgan fingerprint density at radius 3 is 2.30 bits per heavy atom. The number of nitrogens with zero attached hydrogens (tertiary/aromatic N) is 1. The number of hydrogen-bond donors (Lipinski definition) is 1. The molecule has 168 valence electrons. The average Bonchev–Trinajstić information content (AvgIpc) is 2.81. The molecular weight excluding hydrogens is 479 g/mol. The summed E-state index contributed by atoms with van der Waals surface area (Å²) in [5.41, 5.74) is 1.15. The van der Waals surface area contributed by atoms with E-state index in [1.807, 2.05) is 36.4 Å². The van der Waals surface area contributed by atoms with Crippen molar-refractivity contribution < 1.29 is 13.2 Å². The number of hydrogen-bond acceptors (Lipinski definition) is 3. The normalized spacial score (nSPS) is 11.6. The van der Waals surface area contributed by atoms with E-state index >= 15 is 0 Å². The van der Waals surface area contributed by atoms with E-state index in [-0.39, 0.29) is 18.0 Å². The van der Waals surface area contributed by atoms with Crippen LogP contribution < -0.4 is 5.32 Å². The molecule has 0 saturated heterocycles. The van der Waals surface area contributed by atoms with Gasteiger partial charge in [0, 0.05) is 27.7 Å². The molecular formula is C25H20Cl2N2O3S. The van der Waals surface area contributed by atoms with Crippen LogP contribution in [0.15, 0.2) is 95.9 Å². The number of benzene rings is 4. The van der Waals surface area contributed by atoms with Gasteiger partial charge in [-0.3, -0.25) is 4.79 Å². The predicted octanol–water partition coefficient (Wildman–Crippen LogP) is 5.98. The van der Waals surface area contributed by atoms with Crippen molar-refractivity contribution in [3.8, 4) is 0 Å². The van der Waals surface area contributed by atoms with Crippen LogP contribution >= 0.6 is 23.2 Å². The number of sulfonamides is 1. The number of halogens is 2. The minimum absolute atomic E-state index is 0.0871. The molecule has 0 aromatic heterocycles. The van der Waals surface area contributed by atoms with Gasteiger partial charge in [-0.25, -0.2) is 8.42 Å². The van der Waals surface area contributed by atoms with Crippen LogP contribution in [0.2, 0.25) is 10.0 Å². The summed E-state index contributed by atoms with van der Waals surface area (Å²) in [7, 11) is -3.98. The molecule has 0 unspecified atom stereocenters. The first-order chi connectivity index (χ1) is 15.8. The van der Waals surface area contributed by atoms with Crippen molar-refractivity contribution in [3.05, 3.63) is 107 Å². The molecule has 0 bridgehead atoms. The summed E-state index contributed by atoms with van der Waals surface area (Å²) in [4.78, 5) is 13.1. The second-order valence-corrected chi connectivity index (χ2v) is 10.2. The van der Waals surface area contributed by atoms with Gasteiger partial charge in [0.2, 0.25) is 15.9 Å². The van der Waals surface area contributed by atoms with E-state index in [1.165, 1.54) is 12.1 Å². The smallest absolute Gasteiger partial charge is 0.243 e. The fourth-order valence-electron chi connectivity index (χ4n) is 3.49. The van der Waals surface area contributed by atoms with Gasteiger partial charge in [-0.05, 0) is 41.3 Å². The molecule has 8 heteroatoms. The van der Waals surface area contributed by atoms with Gasteiger partial charge in [0.25, 0.3) is 0 Å². The molecule has 0 radical (unpaired) electrons. The van der Waals surface area contributed by atoms with Crippen molar-refractivity contribution in [2.75, 3.05) is 11.9 Å². The number of anilines is 1. The predicted molar refractivity (Wildman–Crippen MR) is 133 cm³/mol. The van der Waals surface area contributed by atoms with Crippen molar-refractivity contribution in [3.63, 3.8) is 0 Å². The Morgan fingerprint density at radius 2 is 1.55 bits per heavy atom. The van der Waals surface area contributed by atoms with Crippen molar-refractivity contribution in [1.29, 1.82) is 0 Å². The minimum Gasteiger partial charge on any atom is -0.324 e. The van der Waals surface area contributed by atoms with Crippen LogP contribution in [-0.2, 0) is 21.4 Å². The van der Waals surface area contributed by atoms with Gasteiger partial charge in [-0.2, -0.15) is 4.31 Å². The second-order valence-electron chi connectivity index (χ2n) is 7.40. The Kier molecular flexibility index (Phi) is 7.00. The third-order valence-corrected chi connectivity index (χ3v) is 7.52. The van der Waals surface area contributed by atoms with Gasteiger partial charge in [-0.1, -0.05) is 83.9 Å². The van der Waals surface area contributed by atoms with Crippen LogP contribution in [0.25, 0.3) is 10.8 Å². The average molecular weight is 499 g/mol. The lowest BCUT2D eigenvalue weighted by Gasteiger charge is -2.23. The molecule has 0 aliphatic rings. The first kappa shape index (κ1) is 23.3. The minimum atomic E-state index is -3.98. The Morgan fingerprint density at radius 1 is 0.848 bits per heavy atom. The van der Waals surface area contributed by atoms with Gasteiger partial charge in [0.05, 0.1) is 11.4 Å². The number of rotatable bonds is 7. The maximum Gasteiger partial charge on any atom is 0.243 e. The van der Waals surface area contributed by atoms with Crippen LogP contribution in [0.5, 0.6) is 0 Å². The second kappa shape index (κ2) is 9.93. The van der Waals surface area contributed by atoms with Crippen molar-refractivity contribution in [1.82, 2.24) is 4.31 Å². The summed E-state index contributed by atoms with van der Waals surface area (Å²) < 4.78 is 27.9. The molecule has 1 amide bonds. The molecule has 0 aliphatic carbocycles. The number of fused-ring (bicyclic) bond motifs is 1. The summed E-state index contributed by atoms with van der Waals surface area (Å²) in [6, 6.07) is 26.0. The van der Waals surface area contributed by atoms with Gasteiger partial charge >= 0.3 is 0 Å². The van der Waals surface area contributed by atoms with Gasteiger partial charge in [0.15, 0.2) is 0 Å². The fraction of sp³-hybridized carbons (Fsp3) is 0.0800. The third-order valence-electron chi connectivity index (χ3n) is 5.13. The zero-order valence-corrected chi connectivity index (χ0v) is 19.7. The molecule has 0 atom stereocenters. The van der Waals surface area contributed by atoms with Crippen molar-refractivity contribution >= 4 is 55.6 Å². The fourth-order valence-corrected chi connectivity index (χ4v) is 5.36. The zero-order valence-electron chi connectivity index (χ0n) is 17.4. The standard InChI is InChI=1S/C25H20Cl2N2O3S/c26-20-14-13-19(23(27)15-20)16-29(33(31,32)21-9-2-1-3-10-21)17-25(30)28-24-12-6-8-18-7-4-5-11-22(18)24/h1-15H,16-17H2,(H,28,30). The lowest BCUT2D eigenvalue weighted by atomic mass is 10.1. The number of amides is 1. The Labute approximate surface area is 202 Å². The first-order valence-electron chi connectivity index (χ1n) is 10.1. The maximum atomic E-state index is 13.4. The van der Waals surface area contributed by atoms with E-state index in [4.69, 9.17) is 23.2 Å². The lowest BCUT2D eigenvalue weighted by Crippen LogP contribution is -2.37. The van der Waals surface area contributed by atoms with E-state index in [2.05, 4.69) is 5.32 Å². The summed E-state index contributed by atoms with van der Waals surface area (Å²) >= 11 is 12.3. The topological polar surface area (TPSA) is 66.5 Å². The highest BCUT2D eigenvalue weighted by Gasteiger charge is 2.27. The SMILES string of the molecule is O=C(CN(Cc1ccc(Cl)cc1Cl)S(=O)(=O)c1ccccc1)Nc1cccc2ccccc12. The highest BCUT2D eigenvalue weighted by Crippen LogP contribution is 2.26. The van der Waals surface area contributed by atoms with Crippen molar-refractivity contribution in [2.45, 2.75) is 11.4 Å². The van der Waals surface area contributed by atoms with Gasteiger partial charge in [0.1, 0.15) is 0 Å². The quantitative estimate of drug-likeness (QED) is 0.341. The van der Waals surface area contributed by atoms with E-state index in [0.29, 0.717) is 21.3 Å². The zero-order chi connectivity index (χ0) is 23.4. The van der Waals surface area contributed by atoms with E-state index in [1.54, 1.807) is 42.5 Å². The Hall–Kier alpha value is -2.90. The van der Waals surface area contributed by atoms with Crippen LogP contribution in [0.3, 0.4) is 0 Å². The third kappa shape index (κ3) is 5.37. The molecule has 1 N–H and O–H groups in total. The largest absolute Gasteiger partial charge is 0.324 e. The number of carbonyl (C=O) groups is 1. The van der Waals surface area contributed by atoms with Gasteiger partial charge in [-0.15, -0.1) is 0 Å². The first-order valence-corrected chi connectivity index (χ1v) is 12.3. The van der Waals surface area contributed by atoms with Gasteiger partial charge < -0.3 is 5.32 Å². The molecule has 4 aromatic carbocycles. The highest BCUT2D eigenvalue weighted by atomic mass is 35.5. The molecule has 5 nitrogen and oxygen atoms in total. The molecule has 0 spiro atoms. The molecule has 4 rings (SSSR count). The van der Waals surface area contributed by atoms with Crippen LogP contribution in [0.1, 0.15) is 5.56 Å². The summed E-state index contributed by atoms with van der Waals surface area (Å²) in [5, 5.41) is 5.45. The summed E-state index contributed by atoms with van der Waals surface area (Å²) in [5.74, 6) is -0.462. The molecule has 0 heterocycles. The van der Waals surface area contributed by atoms with Crippen LogP contribution in [0.4, 0.5) is 5.69 Å². The monoisotopic (exact) mass is 498 g/mol. The lowest BCUT2D eigenvalue weighted by molar-refractivity contribution is -0.116. The molecule has 0 fully saturated rings. The van der Waals surface area contributed by atoms with E-state index in [9.17, 15) is 13.2 Å². The molecule has 4 aromatic rings. The van der Waals surface area contributed by atoms with Crippen LogP contribution in [0, 0.1) is 0 Å². The van der Waals surface area contributed by atoms with E-state index in [0.717, 1.165) is 15.1 Å². The van der Waals surface area contributed by atoms with Crippen molar-refractivity contribution in [2.24, 2.45) is 0 Å². The Bertz CT molecular complexity index is 1400. The Balaban J connectivity index is 1.64. The maximum absolute atomic E-state index is 13.4. The van der Waals surface area contributed by atoms with Crippen LogP contribution in [-0.4, -0.2) is 25.2 Å². The summed E-state index contributed by atoms with van der Waals surface area (Å²) in [6.07, 6.45) is 0.